The summed E-state index contributed by atoms with van der Waals surface area (Å²) >= 11 is 0. The molecule has 2 aromatic rings. The molecule has 3 heteroatoms. The van der Waals surface area contributed by atoms with Crippen molar-refractivity contribution < 1.29 is 14.2 Å². The fourth-order valence-electron chi connectivity index (χ4n) is 2.48. The van der Waals surface area contributed by atoms with Crippen LogP contribution < -0.4 is 4.74 Å². The van der Waals surface area contributed by atoms with Gasteiger partial charge in [0.2, 0.25) is 0 Å². The smallest absolute Gasteiger partial charge is 0.127 e. The van der Waals surface area contributed by atoms with Crippen LogP contribution in [0, 0.1) is 10.8 Å². The van der Waals surface area contributed by atoms with Gasteiger partial charge in [0.1, 0.15) is 11.5 Å². The van der Waals surface area contributed by atoms with Crippen molar-refractivity contribution in [3.63, 3.8) is 0 Å². The molecule has 3 nitrogen and oxygen atoms in total. The van der Waals surface area contributed by atoms with Crippen LogP contribution in [0.1, 0.15) is 52.7 Å². The summed E-state index contributed by atoms with van der Waals surface area (Å²) in [6.45, 7) is 15.7. The lowest BCUT2D eigenvalue weighted by Crippen LogP contribution is -2.14. The van der Waals surface area contributed by atoms with Crippen molar-refractivity contribution in [2.45, 2.75) is 54.8 Å². The molecule has 2 rings (SSSR count). The highest BCUT2D eigenvalue weighted by atomic mass is 16.5. The zero-order valence-electron chi connectivity index (χ0n) is 17.7. The Balaban J connectivity index is 1.92. The largest absolute Gasteiger partial charge is 0.457 e. The van der Waals surface area contributed by atoms with Gasteiger partial charge in [0.05, 0.1) is 26.4 Å². The van der Waals surface area contributed by atoms with Gasteiger partial charge in [-0.1, -0.05) is 65.8 Å². The zero-order valence-corrected chi connectivity index (χ0v) is 17.7. The van der Waals surface area contributed by atoms with Gasteiger partial charge < -0.3 is 14.2 Å². The Morgan fingerprint density at radius 1 is 0.630 bits per heavy atom. The standard InChI is InChI=1S/C24H34O3/c1-23(2,3)17-25-15-19-9-7-11-21(13-19)27-22-12-8-10-20(14-22)16-26-18-24(4,5)6/h7-14H,15-18H2,1-6H3. The lowest BCUT2D eigenvalue weighted by atomic mass is 9.99. The Labute approximate surface area is 164 Å². The molecule has 0 unspecified atom stereocenters. The fourth-order valence-corrected chi connectivity index (χ4v) is 2.48. The summed E-state index contributed by atoms with van der Waals surface area (Å²) in [7, 11) is 0. The quantitative estimate of drug-likeness (QED) is 0.523. The van der Waals surface area contributed by atoms with Crippen LogP contribution in [0.4, 0.5) is 0 Å². The second-order valence-corrected chi connectivity index (χ2v) is 9.50. The molecule has 0 atom stereocenters. The molecule has 0 aliphatic rings. The zero-order chi connectivity index (χ0) is 19.9. The predicted octanol–water partition coefficient (Wildman–Crippen LogP) is 6.60. The predicted molar refractivity (Wildman–Crippen MR) is 111 cm³/mol. The first-order chi connectivity index (χ1) is 12.6. The number of benzene rings is 2. The minimum absolute atomic E-state index is 0.170. The topological polar surface area (TPSA) is 27.7 Å². The van der Waals surface area contributed by atoms with Crippen LogP contribution in [-0.2, 0) is 22.7 Å². The maximum absolute atomic E-state index is 6.04. The van der Waals surface area contributed by atoms with Crippen molar-refractivity contribution in [2.75, 3.05) is 13.2 Å². The molecule has 27 heavy (non-hydrogen) atoms. The molecule has 148 valence electrons. The van der Waals surface area contributed by atoms with Crippen LogP contribution in [0.5, 0.6) is 11.5 Å². The highest BCUT2D eigenvalue weighted by Gasteiger charge is 2.11. The van der Waals surface area contributed by atoms with E-state index in [1.54, 1.807) is 0 Å². The Kier molecular flexibility index (Phi) is 7.46. The van der Waals surface area contributed by atoms with Gasteiger partial charge in [-0.15, -0.1) is 0 Å². The van der Waals surface area contributed by atoms with Crippen LogP contribution in [0.3, 0.4) is 0 Å². The molecule has 0 saturated heterocycles. The Hall–Kier alpha value is -1.84. The van der Waals surface area contributed by atoms with E-state index in [1.165, 1.54) is 0 Å². The van der Waals surface area contributed by atoms with E-state index in [9.17, 15) is 0 Å². The Morgan fingerprint density at radius 3 is 1.41 bits per heavy atom. The first-order valence-electron chi connectivity index (χ1n) is 9.62. The maximum atomic E-state index is 6.04. The molecule has 0 radical (unpaired) electrons. The molecule has 0 spiro atoms. The molecule has 0 heterocycles. The van der Waals surface area contributed by atoms with Gasteiger partial charge >= 0.3 is 0 Å². The third-order valence-electron chi connectivity index (χ3n) is 3.64. The van der Waals surface area contributed by atoms with Gasteiger partial charge in [-0.25, -0.2) is 0 Å². The highest BCUT2D eigenvalue weighted by molar-refractivity contribution is 5.35. The monoisotopic (exact) mass is 370 g/mol. The summed E-state index contributed by atoms with van der Waals surface area (Å²) < 4.78 is 17.7. The Morgan fingerprint density at radius 2 is 1.04 bits per heavy atom. The molecule has 0 aliphatic heterocycles. The van der Waals surface area contributed by atoms with Gasteiger partial charge in [-0.2, -0.15) is 0 Å². The van der Waals surface area contributed by atoms with E-state index in [1.807, 2.05) is 36.4 Å². The fraction of sp³-hybridized carbons (Fsp3) is 0.500. The van der Waals surface area contributed by atoms with E-state index >= 15 is 0 Å². The van der Waals surface area contributed by atoms with E-state index in [0.717, 1.165) is 35.8 Å². The maximum Gasteiger partial charge on any atom is 0.127 e. The molecule has 0 aromatic heterocycles. The van der Waals surface area contributed by atoms with E-state index in [0.29, 0.717) is 13.2 Å². The summed E-state index contributed by atoms with van der Waals surface area (Å²) in [5, 5.41) is 0. The normalized spacial score (nSPS) is 12.2. The van der Waals surface area contributed by atoms with Gasteiger partial charge in [-0.3, -0.25) is 0 Å². The van der Waals surface area contributed by atoms with Crippen LogP contribution in [-0.4, -0.2) is 13.2 Å². The molecule has 0 fully saturated rings. The molecule has 2 aromatic carbocycles. The van der Waals surface area contributed by atoms with Crippen molar-refractivity contribution in [3.05, 3.63) is 59.7 Å². The van der Waals surface area contributed by atoms with Gasteiger partial charge in [0, 0.05) is 0 Å². The average Bonchev–Trinajstić information content (AvgIpc) is 2.53. The van der Waals surface area contributed by atoms with E-state index in [-0.39, 0.29) is 10.8 Å². The number of ether oxygens (including phenoxy) is 3. The van der Waals surface area contributed by atoms with Gasteiger partial charge in [-0.05, 0) is 46.2 Å². The van der Waals surface area contributed by atoms with Gasteiger partial charge in [0.15, 0.2) is 0 Å². The number of hydrogen-bond donors (Lipinski definition) is 0. The van der Waals surface area contributed by atoms with Gasteiger partial charge in [0.25, 0.3) is 0 Å². The van der Waals surface area contributed by atoms with Crippen molar-refractivity contribution in [3.8, 4) is 11.5 Å². The molecular formula is C24H34O3. The van der Waals surface area contributed by atoms with E-state index in [4.69, 9.17) is 14.2 Å². The average molecular weight is 371 g/mol. The lowest BCUT2D eigenvalue weighted by molar-refractivity contribution is 0.0597. The minimum Gasteiger partial charge on any atom is -0.457 e. The first-order valence-corrected chi connectivity index (χ1v) is 9.62. The summed E-state index contributed by atoms with van der Waals surface area (Å²) in [5.74, 6) is 1.64. The summed E-state index contributed by atoms with van der Waals surface area (Å²) in [6, 6.07) is 16.1. The van der Waals surface area contributed by atoms with Crippen LogP contribution >= 0.6 is 0 Å². The summed E-state index contributed by atoms with van der Waals surface area (Å²) in [5.41, 5.74) is 2.57. The third kappa shape index (κ3) is 9.07. The van der Waals surface area contributed by atoms with Crippen LogP contribution in [0.15, 0.2) is 48.5 Å². The van der Waals surface area contributed by atoms with Crippen LogP contribution in [0.2, 0.25) is 0 Å². The second-order valence-electron chi connectivity index (χ2n) is 9.50. The highest BCUT2D eigenvalue weighted by Crippen LogP contribution is 2.24. The molecular weight excluding hydrogens is 336 g/mol. The van der Waals surface area contributed by atoms with Crippen molar-refractivity contribution >= 4 is 0 Å². The molecule has 0 saturated carbocycles. The molecule has 0 bridgehead atoms. The van der Waals surface area contributed by atoms with Crippen LogP contribution in [0.25, 0.3) is 0 Å². The third-order valence-corrected chi connectivity index (χ3v) is 3.64. The molecule has 0 aliphatic carbocycles. The van der Waals surface area contributed by atoms with Crippen molar-refractivity contribution in [2.24, 2.45) is 10.8 Å². The number of rotatable bonds is 8. The summed E-state index contributed by atoms with van der Waals surface area (Å²) in [6.07, 6.45) is 0. The number of hydrogen-bond acceptors (Lipinski definition) is 3. The summed E-state index contributed by atoms with van der Waals surface area (Å²) in [4.78, 5) is 0. The first kappa shape index (κ1) is 21.5. The molecule has 0 amide bonds. The lowest BCUT2D eigenvalue weighted by Gasteiger charge is -2.18. The minimum atomic E-state index is 0.170. The second kappa shape index (κ2) is 9.38. The van der Waals surface area contributed by atoms with Crippen molar-refractivity contribution in [1.82, 2.24) is 0 Å². The van der Waals surface area contributed by atoms with E-state index in [2.05, 4.69) is 53.7 Å². The Bertz CT molecular complexity index is 647. The van der Waals surface area contributed by atoms with E-state index < -0.39 is 0 Å². The van der Waals surface area contributed by atoms with Crippen molar-refractivity contribution in [1.29, 1.82) is 0 Å². The SMILES string of the molecule is CC(C)(C)COCc1cccc(Oc2cccc(COCC(C)(C)C)c2)c1. The molecule has 0 N–H and O–H groups in total.